The van der Waals surface area contributed by atoms with Crippen LogP contribution in [-0.4, -0.2) is 25.2 Å². The molecule has 3 unspecified atom stereocenters. The van der Waals surface area contributed by atoms with E-state index in [9.17, 15) is 0 Å². The maximum absolute atomic E-state index is 3.68. The van der Waals surface area contributed by atoms with Crippen molar-refractivity contribution in [3.05, 3.63) is 29.8 Å². The van der Waals surface area contributed by atoms with Crippen LogP contribution in [0.3, 0.4) is 0 Å². The first-order chi connectivity index (χ1) is 9.79. The zero-order valence-corrected chi connectivity index (χ0v) is 12.9. The molecule has 2 aliphatic rings. The highest BCUT2D eigenvalue weighted by molar-refractivity contribution is 5.59. The van der Waals surface area contributed by atoms with E-state index in [4.69, 9.17) is 0 Å². The second-order valence-electron chi connectivity index (χ2n) is 6.52. The van der Waals surface area contributed by atoms with Crippen molar-refractivity contribution < 1.29 is 0 Å². The van der Waals surface area contributed by atoms with Gasteiger partial charge in [0, 0.05) is 24.3 Å². The summed E-state index contributed by atoms with van der Waals surface area (Å²) in [5.74, 6) is 0.884. The molecule has 0 spiro atoms. The summed E-state index contributed by atoms with van der Waals surface area (Å²) in [6.45, 7) is 6.94. The van der Waals surface area contributed by atoms with E-state index in [1.807, 2.05) is 0 Å². The summed E-state index contributed by atoms with van der Waals surface area (Å²) in [5.41, 5.74) is 3.02. The molecule has 0 amide bonds. The van der Waals surface area contributed by atoms with Gasteiger partial charge >= 0.3 is 0 Å². The fraction of sp³-hybridized carbons (Fsp3) is 0.667. The highest BCUT2D eigenvalue weighted by Gasteiger charge is 2.29. The van der Waals surface area contributed by atoms with Crippen molar-refractivity contribution in [2.24, 2.45) is 5.92 Å². The average Bonchev–Trinajstić information content (AvgIpc) is 3.01. The molecule has 1 aromatic carbocycles. The summed E-state index contributed by atoms with van der Waals surface area (Å²) in [6, 6.07) is 10.4. The van der Waals surface area contributed by atoms with Crippen LogP contribution in [0.5, 0.6) is 0 Å². The third-order valence-corrected chi connectivity index (χ3v) is 5.21. The number of benzene rings is 1. The maximum Gasteiger partial charge on any atom is 0.0402 e. The lowest BCUT2D eigenvalue weighted by atomic mass is 9.99. The Morgan fingerprint density at radius 1 is 1.25 bits per heavy atom. The molecule has 3 atom stereocenters. The average molecular weight is 272 g/mol. The first-order valence-corrected chi connectivity index (χ1v) is 8.37. The highest BCUT2D eigenvalue weighted by Crippen LogP contribution is 2.34. The Morgan fingerprint density at radius 2 is 2.10 bits per heavy atom. The summed E-state index contributed by atoms with van der Waals surface area (Å²) in [7, 11) is 0. The van der Waals surface area contributed by atoms with E-state index in [1.165, 1.54) is 49.9 Å². The van der Waals surface area contributed by atoms with Crippen molar-refractivity contribution in [3.8, 4) is 0 Å². The molecule has 20 heavy (non-hydrogen) atoms. The van der Waals surface area contributed by atoms with E-state index in [0.29, 0.717) is 6.04 Å². The van der Waals surface area contributed by atoms with Crippen molar-refractivity contribution in [2.75, 3.05) is 18.0 Å². The van der Waals surface area contributed by atoms with Crippen molar-refractivity contribution in [2.45, 2.75) is 58.0 Å². The highest BCUT2D eigenvalue weighted by atomic mass is 15.2. The Hall–Kier alpha value is -1.02. The molecule has 2 nitrogen and oxygen atoms in total. The van der Waals surface area contributed by atoms with Crippen LogP contribution in [0.4, 0.5) is 5.69 Å². The Balaban J connectivity index is 1.61. The molecular weight excluding hydrogens is 244 g/mol. The molecule has 1 aliphatic heterocycles. The fourth-order valence-electron chi connectivity index (χ4n) is 4.19. The van der Waals surface area contributed by atoms with Crippen LogP contribution in [0, 0.1) is 5.92 Å². The van der Waals surface area contributed by atoms with Crippen LogP contribution in [0.25, 0.3) is 0 Å². The van der Waals surface area contributed by atoms with Gasteiger partial charge in [0.25, 0.3) is 0 Å². The smallest absolute Gasteiger partial charge is 0.0402 e. The SMILES string of the molecule is CCNC1CCCC1CCN1c2ccccc2CC1C. The Bertz CT molecular complexity index is 443. The fourth-order valence-corrected chi connectivity index (χ4v) is 4.19. The number of hydrogen-bond donors (Lipinski definition) is 1. The first-order valence-electron chi connectivity index (χ1n) is 8.37. The molecule has 0 saturated heterocycles. The van der Waals surface area contributed by atoms with Crippen molar-refractivity contribution in [1.82, 2.24) is 5.32 Å². The van der Waals surface area contributed by atoms with Gasteiger partial charge in [-0.15, -0.1) is 0 Å². The zero-order valence-electron chi connectivity index (χ0n) is 12.9. The molecule has 0 radical (unpaired) electrons. The lowest BCUT2D eigenvalue weighted by Gasteiger charge is -2.28. The van der Waals surface area contributed by atoms with E-state index < -0.39 is 0 Å². The van der Waals surface area contributed by atoms with Gasteiger partial charge in [0.2, 0.25) is 0 Å². The van der Waals surface area contributed by atoms with Crippen molar-refractivity contribution >= 4 is 5.69 Å². The summed E-state index contributed by atoms with van der Waals surface area (Å²) in [6.07, 6.45) is 6.77. The molecule has 2 heteroatoms. The van der Waals surface area contributed by atoms with Gasteiger partial charge in [-0.3, -0.25) is 0 Å². The molecule has 1 heterocycles. The minimum Gasteiger partial charge on any atom is -0.368 e. The van der Waals surface area contributed by atoms with Crippen LogP contribution in [0.15, 0.2) is 24.3 Å². The second-order valence-corrected chi connectivity index (χ2v) is 6.52. The van der Waals surface area contributed by atoms with Crippen LogP contribution in [0.2, 0.25) is 0 Å². The van der Waals surface area contributed by atoms with Gasteiger partial charge in [-0.25, -0.2) is 0 Å². The van der Waals surface area contributed by atoms with Gasteiger partial charge in [-0.05, 0) is 56.7 Å². The molecule has 0 aromatic heterocycles. The number of hydrogen-bond acceptors (Lipinski definition) is 2. The van der Waals surface area contributed by atoms with Crippen LogP contribution >= 0.6 is 0 Å². The quantitative estimate of drug-likeness (QED) is 0.881. The molecule has 1 aliphatic carbocycles. The Labute approximate surface area is 123 Å². The lowest BCUT2D eigenvalue weighted by Crippen LogP contribution is -2.36. The number of fused-ring (bicyclic) bond motifs is 1. The molecule has 110 valence electrons. The molecule has 1 fully saturated rings. The normalized spacial score (nSPS) is 28.9. The van der Waals surface area contributed by atoms with E-state index in [1.54, 1.807) is 0 Å². The molecule has 3 rings (SSSR count). The Morgan fingerprint density at radius 3 is 2.95 bits per heavy atom. The van der Waals surface area contributed by atoms with Crippen molar-refractivity contribution in [3.63, 3.8) is 0 Å². The van der Waals surface area contributed by atoms with E-state index >= 15 is 0 Å². The van der Waals surface area contributed by atoms with Crippen LogP contribution < -0.4 is 10.2 Å². The standard InChI is InChI=1S/C18H28N2/c1-3-19-17-9-6-8-15(17)11-12-20-14(2)13-16-7-4-5-10-18(16)20/h4-5,7,10,14-15,17,19H,3,6,8-9,11-13H2,1-2H3. The van der Waals surface area contributed by atoms with Crippen LogP contribution in [-0.2, 0) is 6.42 Å². The molecule has 0 bridgehead atoms. The number of para-hydroxylation sites is 1. The monoisotopic (exact) mass is 272 g/mol. The third kappa shape index (κ3) is 2.71. The predicted octanol–water partition coefficient (Wildman–Crippen LogP) is 3.61. The van der Waals surface area contributed by atoms with Gasteiger partial charge in [-0.1, -0.05) is 31.5 Å². The predicted molar refractivity (Wildman–Crippen MR) is 86.4 cm³/mol. The van der Waals surface area contributed by atoms with E-state index in [0.717, 1.165) is 18.5 Å². The van der Waals surface area contributed by atoms with Crippen LogP contribution in [0.1, 0.15) is 45.1 Å². The number of nitrogens with zero attached hydrogens (tertiary/aromatic N) is 1. The second kappa shape index (κ2) is 6.17. The van der Waals surface area contributed by atoms with Gasteiger partial charge < -0.3 is 10.2 Å². The van der Waals surface area contributed by atoms with Gasteiger partial charge in [-0.2, -0.15) is 0 Å². The number of nitrogens with one attached hydrogen (secondary N) is 1. The largest absolute Gasteiger partial charge is 0.368 e. The Kier molecular flexibility index (Phi) is 4.30. The number of rotatable bonds is 5. The lowest BCUT2D eigenvalue weighted by molar-refractivity contribution is 0.383. The first kappa shape index (κ1) is 13.9. The minimum absolute atomic E-state index is 0.673. The van der Waals surface area contributed by atoms with Gasteiger partial charge in [0.1, 0.15) is 0 Å². The number of anilines is 1. The summed E-state index contributed by atoms with van der Waals surface area (Å²) < 4.78 is 0. The van der Waals surface area contributed by atoms with Crippen molar-refractivity contribution in [1.29, 1.82) is 0 Å². The van der Waals surface area contributed by atoms with E-state index in [2.05, 4.69) is 48.3 Å². The zero-order chi connectivity index (χ0) is 13.9. The topological polar surface area (TPSA) is 15.3 Å². The molecule has 1 aromatic rings. The summed E-state index contributed by atoms with van der Waals surface area (Å²) in [5, 5.41) is 3.68. The van der Waals surface area contributed by atoms with Gasteiger partial charge in [0.05, 0.1) is 0 Å². The minimum atomic E-state index is 0.673. The maximum atomic E-state index is 3.68. The summed E-state index contributed by atoms with van der Waals surface area (Å²) in [4.78, 5) is 2.64. The van der Waals surface area contributed by atoms with E-state index in [-0.39, 0.29) is 0 Å². The third-order valence-electron chi connectivity index (χ3n) is 5.21. The van der Waals surface area contributed by atoms with Gasteiger partial charge in [0.15, 0.2) is 0 Å². The molecule has 1 saturated carbocycles. The molecule has 1 N–H and O–H groups in total. The summed E-state index contributed by atoms with van der Waals surface area (Å²) >= 11 is 0. The molecular formula is C18H28N2.